The van der Waals surface area contributed by atoms with Gasteiger partial charge in [0.05, 0.1) is 59.6 Å². The summed E-state index contributed by atoms with van der Waals surface area (Å²) >= 11 is 0. The van der Waals surface area contributed by atoms with Crippen LogP contribution >= 0.6 is 0 Å². The van der Waals surface area contributed by atoms with Crippen molar-refractivity contribution in [2.75, 3.05) is 10.6 Å². The normalized spacial score (nSPS) is 24.8. The molecular weight excluding hydrogens is 821 g/mol. The van der Waals surface area contributed by atoms with Crippen LogP contribution in [0.15, 0.2) is 49.8 Å². The lowest BCUT2D eigenvalue weighted by atomic mass is 9.87. The maximum Gasteiger partial charge on any atom is 0.410 e. The van der Waals surface area contributed by atoms with E-state index in [0.717, 1.165) is 59.9 Å². The van der Waals surface area contributed by atoms with E-state index in [4.69, 9.17) is 14.7 Å². The molecular formula is C47H68N16O2. The summed E-state index contributed by atoms with van der Waals surface area (Å²) in [5, 5.41) is 28.6. The Kier molecular flexibility index (Phi) is 13.1. The molecule has 2 aliphatic heterocycles. The molecule has 2 unspecified atom stereocenters. The number of aromatic nitrogens is 12. The Hall–Kier alpha value is -5.65. The lowest BCUT2D eigenvalue weighted by molar-refractivity contribution is -0.00692. The smallest absolute Gasteiger partial charge is 0.410 e. The molecule has 6 aromatic rings. The van der Waals surface area contributed by atoms with E-state index in [1.807, 2.05) is 70.4 Å². The Morgan fingerprint density at radius 1 is 0.631 bits per heavy atom. The molecule has 18 nitrogen and oxygen atoms in total. The van der Waals surface area contributed by atoms with E-state index in [9.17, 15) is 4.79 Å². The van der Waals surface area contributed by atoms with Crippen molar-refractivity contribution in [1.29, 1.82) is 0 Å². The topological polar surface area (TPSA) is 187 Å². The average molecular weight is 889 g/mol. The Balaban J connectivity index is 0.000000168. The molecule has 4 aliphatic rings. The van der Waals surface area contributed by atoms with Gasteiger partial charge in [-0.25, -0.2) is 33.8 Å². The molecule has 10 rings (SSSR count). The Labute approximate surface area is 381 Å². The molecule has 2 aliphatic carbocycles. The zero-order valence-electron chi connectivity index (χ0n) is 39.3. The highest BCUT2D eigenvalue weighted by molar-refractivity contribution is 5.70. The van der Waals surface area contributed by atoms with E-state index in [1.165, 1.54) is 64.2 Å². The molecule has 2 saturated carbocycles. The molecule has 348 valence electrons. The van der Waals surface area contributed by atoms with Gasteiger partial charge in [0.1, 0.15) is 18.3 Å². The van der Waals surface area contributed by atoms with Crippen LogP contribution < -0.4 is 16.0 Å². The van der Waals surface area contributed by atoms with E-state index in [1.54, 1.807) is 12.7 Å². The van der Waals surface area contributed by atoms with Crippen molar-refractivity contribution >= 4 is 40.4 Å². The summed E-state index contributed by atoms with van der Waals surface area (Å²) < 4.78 is 13.4. The predicted molar refractivity (Wildman–Crippen MR) is 250 cm³/mol. The first-order valence-electron chi connectivity index (χ1n) is 24.1. The van der Waals surface area contributed by atoms with Crippen molar-refractivity contribution in [2.24, 2.45) is 0 Å². The minimum Gasteiger partial charge on any atom is -0.444 e. The lowest BCUT2D eigenvalue weighted by Crippen LogP contribution is -2.51. The lowest BCUT2D eigenvalue weighted by Gasteiger charge is -2.42. The fraction of sp³-hybridized carbons (Fsp3) is 0.638. The van der Waals surface area contributed by atoms with E-state index in [0.29, 0.717) is 41.4 Å². The summed E-state index contributed by atoms with van der Waals surface area (Å²) in [6.07, 6.45) is 31.1. The van der Waals surface area contributed by atoms with Crippen LogP contribution in [0.2, 0.25) is 0 Å². The molecule has 0 spiro atoms. The molecule has 0 bridgehead atoms. The second kappa shape index (κ2) is 19.1. The molecule has 6 atom stereocenters. The molecule has 1 amide bonds. The number of hydrogen-bond donors (Lipinski definition) is 3. The molecule has 8 heterocycles. The second-order valence-electron chi connectivity index (χ2n) is 20.2. The number of carbonyl (C=O) groups is 1. The minimum atomic E-state index is -0.506. The number of nitrogens with one attached hydrogen (secondary N) is 3. The number of anilines is 4. The largest absolute Gasteiger partial charge is 0.444 e. The molecule has 0 aromatic carbocycles. The summed E-state index contributed by atoms with van der Waals surface area (Å²) in [6.45, 7) is 14.4. The number of carbonyl (C=O) groups excluding carboxylic acids is 1. The van der Waals surface area contributed by atoms with Gasteiger partial charge in [-0.3, -0.25) is 9.36 Å². The Morgan fingerprint density at radius 2 is 1.08 bits per heavy atom. The van der Waals surface area contributed by atoms with Gasteiger partial charge >= 0.3 is 6.09 Å². The summed E-state index contributed by atoms with van der Waals surface area (Å²) in [5.74, 6) is 2.45. The molecule has 0 radical (unpaired) electrons. The third kappa shape index (κ3) is 10.4. The Morgan fingerprint density at radius 3 is 1.52 bits per heavy atom. The van der Waals surface area contributed by atoms with Crippen LogP contribution in [-0.2, 0) is 4.74 Å². The van der Waals surface area contributed by atoms with Crippen molar-refractivity contribution in [3.8, 4) is 0 Å². The van der Waals surface area contributed by atoms with Crippen molar-refractivity contribution in [1.82, 2.24) is 68.9 Å². The zero-order chi connectivity index (χ0) is 45.2. The molecule has 6 aromatic heterocycles. The number of fused-ring (bicyclic) bond motifs is 2. The number of piperidine rings is 2. The summed E-state index contributed by atoms with van der Waals surface area (Å²) in [7, 11) is 0. The van der Waals surface area contributed by atoms with Crippen LogP contribution in [0.4, 0.5) is 27.8 Å². The van der Waals surface area contributed by atoms with Gasteiger partial charge in [-0.1, -0.05) is 38.5 Å². The van der Waals surface area contributed by atoms with Crippen LogP contribution in [0.3, 0.4) is 0 Å². The molecule has 18 heteroatoms. The second-order valence-corrected chi connectivity index (χ2v) is 20.2. The third-order valence-corrected chi connectivity index (χ3v) is 13.7. The number of ether oxygens (including phenoxy) is 1. The quantitative estimate of drug-likeness (QED) is 0.131. The maximum absolute atomic E-state index is 12.8. The number of amides is 1. The number of rotatable bonds is 8. The average Bonchev–Trinajstić information content (AvgIpc) is 4.12. The minimum absolute atomic E-state index is 0.0543. The summed E-state index contributed by atoms with van der Waals surface area (Å²) in [4.78, 5) is 33.4. The van der Waals surface area contributed by atoms with E-state index >= 15 is 0 Å². The number of likely N-dealkylation sites (tertiary alicyclic amines) is 1. The summed E-state index contributed by atoms with van der Waals surface area (Å²) in [6, 6.07) is 1.74. The highest BCUT2D eigenvalue weighted by Gasteiger charge is 2.37. The van der Waals surface area contributed by atoms with Gasteiger partial charge in [0, 0.05) is 48.4 Å². The maximum atomic E-state index is 12.8. The first-order chi connectivity index (χ1) is 31.3. The highest BCUT2D eigenvalue weighted by Crippen LogP contribution is 2.36. The summed E-state index contributed by atoms with van der Waals surface area (Å²) in [5.41, 5.74) is 4.94. The van der Waals surface area contributed by atoms with Gasteiger partial charge in [0.25, 0.3) is 0 Å². The van der Waals surface area contributed by atoms with Gasteiger partial charge in [0.2, 0.25) is 0 Å². The van der Waals surface area contributed by atoms with E-state index in [-0.39, 0.29) is 24.2 Å². The molecule has 4 fully saturated rings. The number of nitrogens with zero attached hydrogens (tertiary/aromatic N) is 13. The predicted octanol–water partition coefficient (Wildman–Crippen LogP) is 9.27. The monoisotopic (exact) mass is 889 g/mol. The van der Waals surface area contributed by atoms with Gasteiger partial charge in [-0.2, -0.15) is 20.4 Å². The van der Waals surface area contributed by atoms with Crippen LogP contribution in [-0.4, -0.2) is 99.5 Å². The van der Waals surface area contributed by atoms with Crippen molar-refractivity contribution in [2.45, 2.75) is 192 Å². The van der Waals surface area contributed by atoms with Crippen molar-refractivity contribution in [3.05, 3.63) is 61.2 Å². The van der Waals surface area contributed by atoms with Gasteiger partial charge < -0.3 is 25.6 Å². The fourth-order valence-electron chi connectivity index (χ4n) is 10.7. The number of hydrogen-bond acceptors (Lipinski definition) is 13. The van der Waals surface area contributed by atoms with Gasteiger partial charge in [-0.05, 0) is 99.8 Å². The third-order valence-electron chi connectivity index (χ3n) is 13.7. The standard InChI is InChI=1S/C26H38N8O2.C21H30N8/c1-17-11-21(12-18(2)34(17)25(35)36-26(3,4)5)32-14-20(13-28-32)30-23-24-27-16-29-33(24)15-22(31-23)19-9-7-6-8-10-19;1-14-8-18(9-15(2)25-14)28-11-17(10-23-28)26-20-21-22-13-24-29(21)12-19(27-20)16-6-4-3-5-7-16/h13-19,21H,6-12H2,1-5H3,(H,30,31);10-16,18,25H,3-9H2,1-2H3,(H,26,27)/t17-,18+,21?;14-,15+,18?. The van der Waals surface area contributed by atoms with Crippen LogP contribution in [0.25, 0.3) is 11.3 Å². The first-order valence-corrected chi connectivity index (χ1v) is 24.1. The van der Waals surface area contributed by atoms with Crippen LogP contribution in [0, 0.1) is 0 Å². The molecule has 3 N–H and O–H groups in total. The van der Waals surface area contributed by atoms with Crippen LogP contribution in [0.1, 0.15) is 174 Å². The molecule has 65 heavy (non-hydrogen) atoms. The first kappa shape index (κ1) is 44.5. The Bertz CT molecular complexity index is 2500. The van der Waals surface area contributed by atoms with E-state index in [2.05, 4.69) is 84.9 Å². The zero-order valence-corrected chi connectivity index (χ0v) is 39.3. The van der Waals surface area contributed by atoms with E-state index < -0.39 is 5.60 Å². The van der Waals surface area contributed by atoms with Crippen molar-refractivity contribution in [3.63, 3.8) is 0 Å². The van der Waals surface area contributed by atoms with Crippen molar-refractivity contribution < 1.29 is 9.53 Å². The SMILES string of the molecule is C[C@@H]1CC(n2cc(Nc3nc(C4CCCCC4)cn4ncnc34)cn2)C[C@H](C)N1.C[C@@H]1CC(n2cc(Nc3nc(C4CCCCC4)cn4ncnc34)cn2)C[C@H](C)N1C(=O)OC(C)(C)C. The van der Waals surface area contributed by atoms with Gasteiger partial charge in [0.15, 0.2) is 22.9 Å². The fourth-order valence-corrected chi connectivity index (χ4v) is 10.7. The highest BCUT2D eigenvalue weighted by atomic mass is 16.6. The van der Waals surface area contributed by atoms with Gasteiger partial charge in [-0.15, -0.1) is 0 Å². The van der Waals surface area contributed by atoms with Crippen LogP contribution in [0.5, 0.6) is 0 Å². The molecule has 2 saturated heterocycles.